The number of rotatable bonds is 9. The van der Waals surface area contributed by atoms with Gasteiger partial charge in [-0.2, -0.15) is 0 Å². The molecule has 0 aliphatic rings. The van der Waals surface area contributed by atoms with Gasteiger partial charge in [0.25, 0.3) is 0 Å². The molecule has 5 nitrogen and oxygen atoms in total. The first-order valence-corrected chi connectivity index (χ1v) is 10.5. The molecule has 0 aliphatic carbocycles. The molecule has 0 bridgehead atoms. The van der Waals surface area contributed by atoms with Crippen LogP contribution in [-0.2, 0) is 21.0 Å². The van der Waals surface area contributed by atoms with E-state index in [0.29, 0.717) is 16.5 Å². The number of hydrogen-bond donors (Lipinski definition) is 1. The minimum absolute atomic E-state index is 0.290. The number of anilines is 1. The Kier molecular flexibility index (Phi) is 7.12. The molecule has 1 atom stereocenters. The van der Waals surface area contributed by atoms with E-state index in [2.05, 4.69) is 5.32 Å². The maximum Gasteiger partial charge on any atom is 0.336 e. The average Bonchev–Trinajstić information content (AvgIpc) is 3.35. The monoisotopic (exact) mass is 419 g/mol. The topological polar surface area (TPSA) is 64.6 Å². The maximum absolute atomic E-state index is 12.5. The van der Waals surface area contributed by atoms with Gasteiger partial charge in [0.2, 0.25) is 0 Å². The van der Waals surface area contributed by atoms with Gasteiger partial charge in [-0.25, -0.2) is 4.79 Å². The van der Waals surface area contributed by atoms with Crippen molar-refractivity contribution in [1.82, 2.24) is 0 Å². The molecule has 0 fully saturated rings. The highest BCUT2D eigenvalue weighted by molar-refractivity contribution is 7.97. The zero-order valence-corrected chi connectivity index (χ0v) is 17.3. The van der Waals surface area contributed by atoms with E-state index in [-0.39, 0.29) is 6.61 Å². The Balaban J connectivity index is 1.72. The molecule has 0 saturated heterocycles. The quantitative estimate of drug-likeness (QED) is 0.430. The van der Waals surface area contributed by atoms with Crippen molar-refractivity contribution < 1.29 is 18.4 Å². The number of ether oxygens (including phenoxy) is 1. The third-order valence-corrected chi connectivity index (χ3v) is 5.27. The molecule has 148 valence electrons. The molecule has 3 rings (SSSR count). The smallest absolute Gasteiger partial charge is 0.336 e. The molecule has 28 heavy (non-hydrogen) atoms. The Morgan fingerprint density at radius 3 is 2.79 bits per heavy atom. The first-order valence-electron chi connectivity index (χ1n) is 8.95. The van der Waals surface area contributed by atoms with Gasteiger partial charge in [-0.05, 0) is 55.8 Å². The Bertz CT molecular complexity index is 907. The number of halogens is 1. The predicted octanol–water partition coefficient (Wildman–Crippen LogP) is 5.98. The molecule has 0 radical (unpaired) electrons. The minimum atomic E-state index is -0.749. The van der Waals surface area contributed by atoms with Crippen LogP contribution in [0.3, 0.4) is 0 Å². The fraction of sp³-hybridized carbons (Fsp3) is 0.286. The second kappa shape index (κ2) is 9.75. The number of benzene rings is 1. The van der Waals surface area contributed by atoms with E-state index in [4.69, 9.17) is 25.2 Å². The molecule has 0 amide bonds. The van der Waals surface area contributed by atoms with Crippen molar-refractivity contribution in [2.24, 2.45) is 0 Å². The summed E-state index contributed by atoms with van der Waals surface area (Å²) >= 11 is 7.78. The zero-order chi connectivity index (χ0) is 19.9. The van der Waals surface area contributed by atoms with Crippen molar-refractivity contribution in [2.75, 3.05) is 11.9 Å². The maximum atomic E-state index is 12.5. The molecule has 0 aliphatic heterocycles. The van der Waals surface area contributed by atoms with Crippen molar-refractivity contribution in [3.05, 3.63) is 76.6 Å². The van der Waals surface area contributed by atoms with E-state index in [0.717, 1.165) is 28.5 Å². The summed E-state index contributed by atoms with van der Waals surface area (Å²) in [5.74, 6) is 3.23. The van der Waals surface area contributed by atoms with Crippen LogP contribution in [-0.4, -0.2) is 12.6 Å². The van der Waals surface area contributed by atoms with Gasteiger partial charge in [0.15, 0.2) is 6.04 Å². The fourth-order valence-corrected chi connectivity index (χ4v) is 3.65. The Morgan fingerprint density at radius 1 is 1.21 bits per heavy atom. The lowest BCUT2D eigenvalue weighted by atomic mass is 10.1. The number of thioether (sulfide) groups is 1. The van der Waals surface area contributed by atoms with Crippen molar-refractivity contribution in [2.45, 2.75) is 31.4 Å². The lowest BCUT2D eigenvalue weighted by Gasteiger charge is -2.18. The van der Waals surface area contributed by atoms with Crippen LogP contribution < -0.4 is 5.32 Å². The van der Waals surface area contributed by atoms with Crippen molar-refractivity contribution >= 4 is 35.0 Å². The second-order valence-electron chi connectivity index (χ2n) is 6.16. The first kappa shape index (κ1) is 20.4. The Hall–Kier alpha value is -2.31. The molecule has 3 aromatic rings. The van der Waals surface area contributed by atoms with E-state index in [1.54, 1.807) is 37.1 Å². The molecule has 1 unspecified atom stereocenters. The summed E-state index contributed by atoms with van der Waals surface area (Å²) in [7, 11) is 0. The number of aryl methyl sites for hydroxylation is 1. The highest BCUT2D eigenvalue weighted by atomic mass is 35.5. The van der Waals surface area contributed by atoms with Gasteiger partial charge >= 0.3 is 5.97 Å². The van der Waals surface area contributed by atoms with Crippen LogP contribution in [0.2, 0.25) is 5.02 Å². The molecule has 1 N–H and O–H groups in total. The van der Waals surface area contributed by atoms with Crippen molar-refractivity contribution in [3.63, 3.8) is 0 Å². The van der Waals surface area contributed by atoms with Crippen LogP contribution >= 0.6 is 23.4 Å². The van der Waals surface area contributed by atoms with Gasteiger partial charge in [0.05, 0.1) is 24.4 Å². The summed E-state index contributed by atoms with van der Waals surface area (Å²) in [5.41, 5.74) is 1.73. The number of furan rings is 2. The number of hydrogen-bond acceptors (Lipinski definition) is 6. The number of carbonyl (C=O) groups excluding carboxylic acids is 1. The molecule has 0 spiro atoms. The summed E-state index contributed by atoms with van der Waals surface area (Å²) in [6.07, 6.45) is 1.66. The third-order valence-electron chi connectivity index (χ3n) is 4.06. The lowest BCUT2D eigenvalue weighted by molar-refractivity contribution is -0.144. The summed E-state index contributed by atoms with van der Waals surface area (Å²) in [5, 5.41) is 3.79. The predicted molar refractivity (Wildman–Crippen MR) is 112 cm³/mol. The normalized spacial score (nSPS) is 12.0. The summed E-state index contributed by atoms with van der Waals surface area (Å²) in [4.78, 5) is 12.5. The Morgan fingerprint density at radius 2 is 2.04 bits per heavy atom. The van der Waals surface area contributed by atoms with Crippen molar-refractivity contribution in [3.8, 4) is 0 Å². The SMILES string of the molecule is CCOC(=O)C(Nc1cc(Cl)ccc1C)c1ccc(CSCc2ccco2)o1. The summed E-state index contributed by atoms with van der Waals surface area (Å²) in [6, 6.07) is 12.2. The second-order valence-corrected chi connectivity index (χ2v) is 7.59. The highest BCUT2D eigenvalue weighted by Gasteiger charge is 2.26. The zero-order valence-electron chi connectivity index (χ0n) is 15.7. The Labute approximate surface area is 173 Å². The molecular formula is C21H22ClNO4S. The van der Waals surface area contributed by atoms with Crippen LogP contribution in [0.4, 0.5) is 5.69 Å². The standard InChI is InChI=1S/C21H22ClNO4S/c1-3-25-21(24)20(23-18-11-15(22)7-6-14(18)2)19-9-8-17(27-19)13-28-12-16-5-4-10-26-16/h4-11,20,23H,3,12-13H2,1-2H3. The van der Waals surface area contributed by atoms with Crippen molar-refractivity contribution in [1.29, 1.82) is 0 Å². The van der Waals surface area contributed by atoms with E-state index >= 15 is 0 Å². The largest absolute Gasteiger partial charge is 0.468 e. The van der Waals surface area contributed by atoms with E-state index < -0.39 is 12.0 Å². The molecule has 7 heteroatoms. The van der Waals surface area contributed by atoms with Crippen LogP contribution in [0.15, 0.2) is 57.6 Å². The van der Waals surface area contributed by atoms with Gasteiger partial charge < -0.3 is 18.9 Å². The van der Waals surface area contributed by atoms with Crippen LogP contribution in [0.25, 0.3) is 0 Å². The minimum Gasteiger partial charge on any atom is -0.468 e. The first-order chi connectivity index (χ1) is 13.6. The highest BCUT2D eigenvalue weighted by Crippen LogP contribution is 2.28. The van der Waals surface area contributed by atoms with Gasteiger partial charge in [-0.1, -0.05) is 17.7 Å². The summed E-state index contributed by atoms with van der Waals surface area (Å²) in [6.45, 7) is 4.01. The van der Waals surface area contributed by atoms with Gasteiger partial charge in [-0.15, -0.1) is 11.8 Å². The van der Waals surface area contributed by atoms with Gasteiger partial charge in [-0.3, -0.25) is 0 Å². The molecule has 2 aromatic heterocycles. The van der Waals surface area contributed by atoms with E-state index in [1.165, 1.54) is 0 Å². The van der Waals surface area contributed by atoms with E-state index in [9.17, 15) is 4.79 Å². The van der Waals surface area contributed by atoms with Gasteiger partial charge in [0.1, 0.15) is 17.3 Å². The lowest BCUT2D eigenvalue weighted by Crippen LogP contribution is -2.23. The number of carbonyl (C=O) groups is 1. The van der Waals surface area contributed by atoms with E-state index in [1.807, 2.05) is 37.3 Å². The third kappa shape index (κ3) is 5.36. The molecular weight excluding hydrogens is 398 g/mol. The molecule has 0 saturated carbocycles. The number of nitrogens with one attached hydrogen (secondary N) is 1. The molecule has 2 heterocycles. The van der Waals surface area contributed by atoms with Gasteiger partial charge in [0, 0.05) is 10.7 Å². The molecule has 1 aromatic carbocycles. The summed E-state index contributed by atoms with van der Waals surface area (Å²) < 4.78 is 16.5. The van der Waals surface area contributed by atoms with Crippen LogP contribution in [0.1, 0.15) is 35.8 Å². The number of esters is 1. The fourth-order valence-electron chi connectivity index (χ4n) is 2.65. The van der Waals surface area contributed by atoms with Crippen LogP contribution in [0.5, 0.6) is 0 Å². The average molecular weight is 420 g/mol. The van der Waals surface area contributed by atoms with Crippen LogP contribution in [0, 0.1) is 6.92 Å².